The lowest BCUT2D eigenvalue weighted by molar-refractivity contribution is -0.161. The zero-order valence-corrected chi connectivity index (χ0v) is 37.8. The number of hydrogen-bond acceptors (Lipinski definition) is 6. The maximum atomic E-state index is 12.4. The van der Waals surface area contributed by atoms with E-state index in [-0.39, 0.29) is 19.4 Å². The van der Waals surface area contributed by atoms with E-state index in [1.165, 1.54) is 96.3 Å². The van der Waals surface area contributed by atoms with Crippen LogP contribution in [0.25, 0.3) is 0 Å². The van der Waals surface area contributed by atoms with Crippen molar-refractivity contribution in [3.63, 3.8) is 0 Å². The van der Waals surface area contributed by atoms with Gasteiger partial charge in [0.15, 0.2) is 6.10 Å². The van der Waals surface area contributed by atoms with E-state index in [1.807, 2.05) is 0 Å². The topological polar surface area (TPSA) is 119 Å². The van der Waals surface area contributed by atoms with Crippen LogP contribution in [0.4, 0.5) is 0 Å². The number of hydrogen-bond donors (Lipinski definition) is 2. The summed E-state index contributed by atoms with van der Waals surface area (Å²) in [6.45, 7) is 3.57. The summed E-state index contributed by atoms with van der Waals surface area (Å²) in [5.74, 6) is -0.972. The van der Waals surface area contributed by atoms with Gasteiger partial charge in [0, 0.05) is 12.8 Å². The van der Waals surface area contributed by atoms with E-state index in [0.717, 1.165) is 70.6 Å². The molecule has 0 bridgehead atoms. The Bertz CT molecular complexity index is 1170. The minimum Gasteiger partial charge on any atom is -0.462 e. The molecule has 9 heteroatoms. The Kier molecular flexibility index (Phi) is 42.1. The number of phosphoric acid groups is 1. The Balaban J connectivity index is 3.96. The highest BCUT2D eigenvalue weighted by Gasteiger charge is 2.22. The Morgan fingerprint density at radius 3 is 1.34 bits per heavy atom. The first-order valence-corrected chi connectivity index (χ1v) is 24.8. The van der Waals surface area contributed by atoms with Gasteiger partial charge in [-0.2, -0.15) is 0 Å². The van der Waals surface area contributed by atoms with Crippen molar-refractivity contribution in [1.82, 2.24) is 0 Å². The number of rotatable bonds is 42. The fourth-order valence-electron chi connectivity index (χ4n) is 6.21. The van der Waals surface area contributed by atoms with Gasteiger partial charge >= 0.3 is 19.8 Å². The summed E-state index contributed by atoms with van der Waals surface area (Å²) in [6, 6.07) is 0. The predicted octanol–water partition coefficient (Wildman–Crippen LogP) is 14.6. The van der Waals surface area contributed by atoms with E-state index in [2.05, 4.69) is 91.3 Å². The minimum atomic E-state index is -4.78. The fourth-order valence-corrected chi connectivity index (χ4v) is 6.57. The van der Waals surface area contributed by atoms with Gasteiger partial charge in [-0.05, 0) is 83.5 Å². The molecule has 0 aromatic heterocycles. The van der Waals surface area contributed by atoms with E-state index in [0.29, 0.717) is 12.8 Å². The maximum absolute atomic E-state index is 12.4. The molecule has 0 aliphatic heterocycles. The molecular weight excluding hydrogens is 748 g/mol. The second-order valence-corrected chi connectivity index (χ2v) is 16.6. The van der Waals surface area contributed by atoms with Crippen LogP contribution in [0.2, 0.25) is 0 Å². The smallest absolute Gasteiger partial charge is 0.462 e. The van der Waals surface area contributed by atoms with E-state index in [4.69, 9.17) is 19.3 Å². The summed E-state index contributed by atoms with van der Waals surface area (Å²) in [5.41, 5.74) is 0. The van der Waals surface area contributed by atoms with Crippen LogP contribution in [0.15, 0.2) is 72.9 Å². The lowest BCUT2D eigenvalue weighted by atomic mass is 10.0. The molecular formula is C49H85O8P. The Morgan fingerprint density at radius 1 is 0.448 bits per heavy atom. The average molecular weight is 833 g/mol. The quantitative estimate of drug-likeness (QED) is 0.0270. The molecule has 0 amide bonds. The van der Waals surface area contributed by atoms with E-state index in [1.54, 1.807) is 0 Å². The highest BCUT2D eigenvalue weighted by Crippen LogP contribution is 2.36. The summed E-state index contributed by atoms with van der Waals surface area (Å²) >= 11 is 0. The Hall–Kier alpha value is -2.51. The highest BCUT2D eigenvalue weighted by molar-refractivity contribution is 7.46. The van der Waals surface area contributed by atoms with Gasteiger partial charge in [-0.1, -0.05) is 183 Å². The number of allylic oxidation sites excluding steroid dienone is 12. The number of esters is 2. The molecule has 0 saturated heterocycles. The Labute approximate surface area is 355 Å². The van der Waals surface area contributed by atoms with Crippen molar-refractivity contribution in [3.05, 3.63) is 72.9 Å². The summed E-state index contributed by atoms with van der Waals surface area (Å²) in [4.78, 5) is 42.9. The van der Waals surface area contributed by atoms with Crippen molar-refractivity contribution in [2.75, 3.05) is 13.2 Å². The standard InChI is InChI=1S/C49H85O8P/c1-3-5-7-9-11-13-15-17-19-21-22-23-24-25-26-28-29-31-33-35-37-39-41-43-48(50)55-45-47(46-56-58(52,53)54)57-49(51)44-42-40-38-36-34-32-30-27-20-18-16-14-12-10-8-6-4-2/h8,10,14,16,20,27-29,32,34-35,37,47H,3-7,9,11-13,15,17-19,21-26,30-31,33,36,38-46H2,1-2H3,(H2,52,53,54)/b10-8+,16-14+,27-20+,29-28+,34-32+,37-35+/t47-/m1/s1. The summed E-state index contributed by atoms with van der Waals surface area (Å²) in [7, 11) is -4.78. The highest BCUT2D eigenvalue weighted by atomic mass is 31.2. The molecule has 0 saturated carbocycles. The maximum Gasteiger partial charge on any atom is 0.469 e. The molecule has 0 heterocycles. The van der Waals surface area contributed by atoms with Gasteiger partial charge in [-0.25, -0.2) is 4.57 Å². The first-order valence-electron chi connectivity index (χ1n) is 23.2. The summed E-state index contributed by atoms with van der Waals surface area (Å²) in [6.07, 6.45) is 57.9. The van der Waals surface area contributed by atoms with Crippen LogP contribution >= 0.6 is 7.82 Å². The van der Waals surface area contributed by atoms with Crippen LogP contribution in [-0.2, 0) is 28.2 Å². The molecule has 58 heavy (non-hydrogen) atoms. The van der Waals surface area contributed by atoms with Gasteiger partial charge in [0.25, 0.3) is 0 Å². The lowest BCUT2D eigenvalue weighted by Gasteiger charge is -2.18. The molecule has 0 unspecified atom stereocenters. The van der Waals surface area contributed by atoms with Crippen LogP contribution in [0.1, 0.15) is 206 Å². The molecule has 1 atom stereocenters. The first-order chi connectivity index (χ1) is 28.3. The largest absolute Gasteiger partial charge is 0.469 e. The third-order valence-corrected chi connectivity index (χ3v) is 10.1. The monoisotopic (exact) mass is 833 g/mol. The third kappa shape index (κ3) is 46.2. The predicted molar refractivity (Wildman–Crippen MR) is 244 cm³/mol. The molecule has 0 aliphatic rings. The van der Waals surface area contributed by atoms with Crippen molar-refractivity contribution in [2.45, 2.75) is 213 Å². The van der Waals surface area contributed by atoms with Crippen LogP contribution in [0, 0.1) is 0 Å². The number of unbranched alkanes of at least 4 members (excludes halogenated alkanes) is 20. The normalized spacial score (nSPS) is 13.1. The molecule has 0 radical (unpaired) electrons. The minimum absolute atomic E-state index is 0.163. The molecule has 0 fully saturated rings. The van der Waals surface area contributed by atoms with Gasteiger partial charge in [0.2, 0.25) is 0 Å². The van der Waals surface area contributed by atoms with E-state index in [9.17, 15) is 14.2 Å². The van der Waals surface area contributed by atoms with E-state index < -0.39 is 32.5 Å². The molecule has 0 aromatic carbocycles. The average Bonchev–Trinajstić information content (AvgIpc) is 3.20. The molecule has 334 valence electrons. The van der Waals surface area contributed by atoms with Crippen molar-refractivity contribution >= 4 is 19.8 Å². The SMILES string of the molecule is CCC/C=C/C/C=C/C/C=C/C/C=C/CCCCCC(=O)O[C@H](COC(=O)CCC/C=C/CC/C=C/CCCCCCCCCCCCCCCC)COP(=O)(O)O. The van der Waals surface area contributed by atoms with Gasteiger partial charge in [0.1, 0.15) is 6.61 Å². The second kappa shape index (κ2) is 44.1. The second-order valence-electron chi connectivity index (χ2n) is 15.4. The number of ether oxygens (including phenoxy) is 2. The van der Waals surface area contributed by atoms with Crippen molar-refractivity contribution < 1.29 is 37.9 Å². The van der Waals surface area contributed by atoms with E-state index >= 15 is 0 Å². The van der Waals surface area contributed by atoms with Crippen molar-refractivity contribution in [2.24, 2.45) is 0 Å². The van der Waals surface area contributed by atoms with Crippen LogP contribution < -0.4 is 0 Å². The molecule has 0 spiro atoms. The van der Waals surface area contributed by atoms with Gasteiger partial charge < -0.3 is 19.3 Å². The lowest BCUT2D eigenvalue weighted by Crippen LogP contribution is -2.29. The van der Waals surface area contributed by atoms with Gasteiger partial charge in [-0.3, -0.25) is 14.1 Å². The van der Waals surface area contributed by atoms with Gasteiger partial charge in [-0.15, -0.1) is 0 Å². The Morgan fingerprint density at radius 2 is 0.845 bits per heavy atom. The van der Waals surface area contributed by atoms with Crippen molar-refractivity contribution in [1.29, 1.82) is 0 Å². The van der Waals surface area contributed by atoms with Crippen LogP contribution in [0.3, 0.4) is 0 Å². The zero-order chi connectivity index (χ0) is 42.5. The molecule has 0 aliphatic carbocycles. The van der Waals surface area contributed by atoms with Gasteiger partial charge in [0.05, 0.1) is 6.61 Å². The number of phosphoric ester groups is 1. The fraction of sp³-hybridized carbons (Fsp3) is 0.714. The third-order valence-electron chi connectivity index (χ3n) is 9.66. The summed E-state index contributed by atoms with van der Waals surface area (Å²) < 4.78 is 26.4. The van der Waals surface area contributed by atoms with Crippen LogP contribution in [-0.4, -0.2) is 41.0 Å². The molecule has 2 N–H and O–H groups in total. The van der Waals surface area contributed by atoms with Crippen molar-refractivity contribution in [3.8, 4) is 0 Å². The summed E-state index contributed by atoms with van der Waals surface area (Å²) in [5, 5.41) is 0. The number of carbonyl (C=O) groups is 2. The molecule has 8 nitrogen and oxygen atoms in total. The zero-order valence-electron chi connectivity index (χ0n) is 36.9. The molecule has 0 rings (SSSR count). The molecule has 0 aromatic rings. The number of carbonyl (C=O) groups excluding carboxylic acids is 2. The first kappa shape index (κ1) is 55.5. The van der Waals surface area contributed by atoms with Crippen LogP contribution in [0.5, 0.6) is 0 Å².